The predicted molar refractivity (Wildman–Crippen MR) is 111 cm³/mol. The molecule has 3 nitrogen and oxygen atoms in total. The molecule has 0 radical (unpaired) electrons. The van der Waals surface area contributed by atoms with Crippen LogP contribution < -0.4 is 5.32 Å². The lowest BCUT2D eigenvalue weighted by Gasteiger charge is -2.11. The summed E-state index contributed by atoms with van der Waals surface area (Å²) in [6.45, 7) is 9.05. The standard InChI is InChI=1S/C23H35NO2/c1-18-10-6-5-7-11-20(3)17-24-23(26)13-9-8-12-21(4)22(25)15-14-19(2)16-18/h5-6,8-10,12,14,20,22,25H,7,11,13,15-17H2,1-4H3,(H,24,26)/b6-5+,9-8+,18-10+,19-14+,21-12+/t20?,22-/m0/s1. The molecule has 0 aromatic heterocycles. The van der Waals surface area contributed by atoms with Gasteiger partial charge in [-0.1, -0.05) is 60.6 Å². The molecule has 0 bridgehead atoms. The van der Waals surface area contributed by atoms with Gasteiger partial charge in [0.15, 0.2) is 0 Å². The summed E-state index contributed by atoms with van der Waals surface area (Å²) in [5.74, 6) is 0.507. The van der Waals surface area contributed by atoms with Gasteiger partial charge in [-0.15, -0.1) is 0 Å². The van der Waals surface area contributed by atoms with E-state index in [1.165, 1.54) is 11.1 Å². The van der Waals surface area contributed by atoms with Gasteiger partial charge in [0.1, 0.15) is 0 Å². The topological polar surface area (TPSA) is 49.3 Å². The first-order valence-corrected chi connectivity index (χ1v) is 9.64. The smallest absolute Gasteiger partial charge is 0.223 e. The molecule has 1 heterocycles. The van der Waals surface area contributed by atoms with E-state index in [1.54, 1.807) is 0 Å². The zero-order valence-corrected chi connectivity index (χ0v) is 16.8. The maximum Gasteiger partial charge on any atom is 0.223 e. The fraction of sp³-hybridized carbons (Fsp3) is 0.522. The van der Waals surface area contributed by atoms with Crippen molar-refractivity contribution in [3.63, 3.8) is 0 Å². The van der Waals surface area contributed by atoms with Crippen molar-refractivity contribution in [1.29, 1.82) is 0 Å². The average molecular weight is 358 g/mol. The van der Waals surface area contributed by atoms with E-state index in [-0.39, 0.29) is 5.91 Å². The van der Waals surface area contributed by atoms with Gasteiger partial charge in [-0.25, -0.2) is 0 Å². The van der Waals surface area contributed by atoms with Crippen molar-refractivity contribution in [3.8, 4) is 0 Å². The molecule has 0 saturated heterocycles. The Morgan fingerprint density at radius 2 is 1.81 bits per heavy atom. The molecule has 0 spiro atoms. The Hall–Kier alpha value is -1.87. The van der Waals surface area contributed by atoms with E-state index in [0.717, 1.165) is 24.8 Å². The van der Waals surface area contributed by atoms with Crippen LogP contribution in [0.5, 0.6) is 0 Å². The molecule has 1 unspecified atom stereocenters. The molecule has 1 aliphatic heterocycles. The lowest BCUT2D eigenvalue weighted by Crippen LogP contribution is -2.27. The summed E-state index contributed by atoms with van der Waals surface area (Å²) >= 11 is 0. The van der Waals surface area contributed by atoms with Crippen LogP contribution in [0.2, 0.25) is 0 Å². The average Bonchev–Trinajstić information content (AvgIpc) is 2.60. The number of nitrogens with one attached hydrogen (secondary N) is 1. The Kier molecular flexibility index (Phi) is 10.6. The molecule has 0 saturated carbocycles. The van der Waals surface area contributed by atoms with E-state index in [0.29, 0.717) is 25.3 Å². The minimum absolute atomic E-state index is 0.0433. The molecule has 3 heteroatoms. The van der Waals surface area contributed by atoms with Gasteiger partial charge in [0.25, 0.3) is 0 Å². The fourth-order valence-electron chi connectivity index (χ4n) is 2.75. The normalized spacial score (nSPS) is 33.4. The Labute approximate surface area is 159 Å². The summed E-state index contributed by atoms with van der Waals surface area (Å²) in [6.07, 6.45) is 17.7. The predicted octanol–water partition coefficient (Wildman–Crippen LogP) is 5.02. The van der Waals surface area contributed by atoms with Gasteiger partial charge in [0, 0.05) is 13.0 Å². The minimum Gasteiger partial charge on any atom is -0.388 e. The summed E-state index contributed by atoms with van der Waals surface area (Å²) in [5, 5.41) is 13.2. The summed E-state index contributed by atoms with van der Waals surface area (Å²) < 4.78 is 0. The first-order chi connectivity index (χ1) is 12.4. The van der Waals surface area contributed by atoms with E-state index in [9.17, 15) is 9.90 Å². The molecule has 0 aliphatic carbocycles. The first kappa shape index (κ1) is 22.2. The van der Waals surface area contributed by atoms with Crippen LogP contribution in [0.4, 0.5) is 0 Å². The van der Waals surface area contributed by atoms with Crippen molar-refractivity contribution >= 4 is 5.91 Å². The minimum atomic E-state index is -0.487. The van der Waals surface area contributed by atoms with Crippen molar-refractivity contribution in [2.75, 3.05) is 6.54 Å². The highest BCUT2D eigenvalue weighted by molar-refractivity contribution is 5.77. The van der Waals surface area contributed by atoms with Crippen LogP contribution in [0.15, 0.2) is 59.3 Å². The summed E-state index contributed by atoms with van der Waals surface area (Å²) in [7, 11) is 0. The van der Waals surface area contributed by atoms with Gasteiger partial charge in [-0.05, 0) is 57.9 Å². The van der Waals surface area contributed by atoms with Gasteiger partial charge in [0.2, 0.25) is 5.91 Å². The number of carbonyl (C=O) groups is 1. The molecule has 1 rings (SSSR count). The summed E-state index contributed by atoms with van der Waals surface area (Å²) in [4.78, 5) is 11.9. The molecule has 2 N–H and O–H groups in total. The summed E-state index contributed by atoms with van der Waals surface area (Å²) in [5.41, 5.74) is 3.49. The lowest BCUT2D eigenvalue weighted by atomic mass is 10.0. The van der Waals surface area contributed by atoms with E-state index >= 15 is 0 Å². The monoisotopic (exact) mass is 357 g/mol. The number of carbonyl (C=O) groups excluding carboxylic acids is 1. The maximum atomic E-state index is 11.9. The highest BCUT2D eigenvalue weighted by Crippen LogP contribution is 2.14. The second kappa shape index (κ2) is 12.5. The van der Waals surface area contributed by atoms with E-state index in [4.69, 9.17) is 0 Å². The zero-order valence-electron chi connectivity index (χ0n) is 16.8. The molecule has 0 aromatic carbocycles. The highest BCUT2D eigenvalue weighted by Gasteiger charge is 2.05. The quantitative estimate of drug-likeness (QED) is 0.598. The molecular formula is C23H35NO2. The Morgan fingerprint density at radius 3 is 2.58 bits per heavy atom. The van der Waals surface area contributed by atoms with Gasteiger partial charge < -0.3 is 10.4 Å². The second-order valence-electron chi connectivity index (χ2n) is 7.45. The van der Waals surface area contributed by atoms with Gasteiger partial charge in [-0.3, -0.25) is 4.79 Å². The van der Waals surface area contributed by atoms with Crippen molar-refractivity contribution in [3.05, 3.63) is 59.3 Å². The third kappa shape index (κ3) is 10.2. The largest absolute Gasteiger partial charge is 0.388 e. The van der Waals surface area contributed by atoms with Crippen LogP contribution in [0.3, 0.4) is 0 Å². The number of amides is 1. The molecule has 26 heavy (non-hydrogen) atoms. The lowest BCUT2D eigenvalue weighted by molar-refractivity contribution is -0.120. The van der Waals surface area contributed by atoms with Crippen molar-refractivity contribution < 1.29 is 9.90 Å². The van der Waals surface area contributed by atoms with Crippen LogP contribution in [0, 0.1) is 5.92 Å². The molecular weight excluding hydrogens is 322 g/mol. The van der Waals surface area contributed by atoms with Crippen molar-refractivity contribution in [2.24, 2.45) is 5.92 Å². The number of hydrogen-bond acceptors (Lipinski definition) is 2. The summed E-state index contributed by atoms with van der Waals surface area (Å²) in [6, 6.07) is 0. The van der Waals surface area contributed by atoms with Crippen molar-refractivity contribution in [2.45, 2.75) is 65.9 Å². The Morgan fingerprint density at radius 1 is 1.08 bits per heavy atom. The van der Waals surface area contributed by atoms with E-state index < -0.39 is 6.10 Å². The zero-order chi connectivity index (χ0) is 19.4. The Bertz CT molecular complexity index is 593. The number of hydrogen-bond donors (Lipinski definition) is 2. The SMILES string of the molecule is C/C1=C\C=C\CCC(C)CNC(=O)C/C=C/C=C(\C)[C@@H](O)C/C=C(\C)C1. The number of rotatable bonds is 0. The van der Waals surface area contributed by atoms with Crippen LogP contribution in [0.25, 0.3) is 0 Å². The van der Waals surface area contributed by atoms with Crippen LogP contribution in [-0.2, 0) is 4.79 Å². The molecule has 1 amide bonds. The molecule has 0 aromatic rings. The highest BCUT2D eigenvalue weighted by atomic mass is 16.3. The van der Waals surface area contributed by atoms with E-state index in [2.05, 4.69) is 50.4 Å². The van der Waals surface area contributed by atoms with E-state index in [1.807, 2.05) is 25.2 Å². The molecule has 2 atom stereocenters. The fourth-order valence-corrected chi connectivity index (χ4v) is 2.75. The van der Waals surface area contributed by atoms with Crippen molar-refractivity contribution in [1.82, 2.24) is 5.32 Å². The van der Waals surface area contributed by atoms with Crippen LogP contribution in [0.1, 0.15) is 59.8 Å². The molecule has 0 fully saturated rings. The number of aliphatic hydroxyl groups excluding tert-OH is 1. The maximum absolute atomic E-state index is 11.9. The van der Waals surface area contributed by atoms with Crippen LogP contribution >= 0.6 is 0 Å². The number of aliphatic hydroxyl groups is 1. The van der Waals surface area contributed by atoms with Gasteiger partial charge in [0.05, 0.1) is 6.10 Å². The number of allylic oxidation sites excluding steroid dienone is 7. The molecule has 144 valence electrons. The Balaban J connectivity index is 2.81. The third-order valence-corrected chi connectivity index (χ3v) is 4.56. The molecule has 1 aliphatic rings. The van der Waals surface area contributed by atoms with Gasteiger partial charge in [-0.2, -0.15) is 0 Å². The third-order valence-electron chi connectivity index (χ3n) is 4.56. The first-order valence-electron chi connectivity index (χ1n) is 9.64. The second-order valence-corrected chi connectivity index (χ2v) is 7.45. The van der Waals surface area contributed by atoms with Crippen LogP contribution in [-0.4, -0.2) is 23.7 Å². The van der Waals surface area contributed by atoms with Gasteiger partial charge >= 0.3 is 0 Å².